The van der Waals surface area contributed by atoms with Crippen LogP contribution in [0.2, 0.25) is 0 Å². The van der Waals surface area contributed by atoms with Crippen LogP contribution in [0.25, 0.3) is 10.9 Å². The van der Waals surface area contributed by atoms with Gasteiger partial charge in [-0.25, -0.2) is 4.79 Å². The smallest absolute Gasteiger partial charge is 0.381 e. The van der Waals surface area contributed by atoms with E-state index in [1.807, 2.05) is 24.3 Å². The lowest BCUT2D eigenvalue weighted by atomic mass is 10.2. The number of carbonyl (C=O) groups excluding carboxylic acids is 2. The van der Waals surface area contributed by atoms with Gasteiger partial charge in [-0.2, -0.15) is 0 Å². The molecule has 2 rings (SSSR count). The van der Waals surface area contributed by atoms with E-state index in [9.17, 15) is 9.59 Å². The van der Waals surface area contributed by atoms with E-state index in [2.05, 4.69) is 0 Å². The van der Waals surface area contributed by atoms with Crippen molar-refractivity contribution < 1.29 is 14.3 Å². The second-order valence-electron chi connectivity index (χ2n) is 3.70. The van der Waals surface area contributed by atoms with Gasteiger partial charge in [0.2, 0.25) is 0 Å². The fraction of sp³-hybridized carbons (Fsp3) is 0.231. The van der Waals surface area contributed by atoms with Crippen molar-refractivity contribution in [3.05, 3.63) is 36.0 Å². The number of aryl methyl sites for hydroxylation is 1. The van der Waals surface area contributed by atoms with E-state index in [4.69, 9.17) is 4.74 Å². The maximum Gasteiger partial charge on any atom is 0.381 e. The fourth-order valence-electron chi connectivity index (χ4n) is 1.81. The molecule has 17 heavy (non-hydrogen) atoms. The second kappa shape index (κ2) is 4.41. The van der Waals surface area contributed by atoms with Gasteiger partial charge in [0.25, 0.3) is 5.78 Å². The summed E-state index contributed by atoms with van der Waals surface area (Å²) in [5, 5.41) is 0.933. The highest BCUT2D eigenvalue weighted by Crippen LogP contribution is 2.18. The molecule has 1 aromatic heterocycles. The largest absolute Gasteiger partial charge is 0.460 e. The van der Waals surface area contributed by atoms with E-state index in [-0.39, 0.29) is 6.61 Å². The number of nitrogens with zero attached hydrogens (tertiary/aromatic N) is 1. The van der Waals surface area contributed by atoms with Crippen LogP contribution in [-0.4, -0.2) is 22.9 Å². The third-order valence-corrected chi connectivity index (χ3v) is 2.65. The highest BCUT2D eigenvalue weighted by atomic mass is 16.5. The van der Waals surface area contributed by atoms with Gasteiger partial charge in [0.05, 0.1) is 12.3 Å². The normalized spacial score (nSPS) is 10.5. The minimum Gasteiger partial charge on any atom is -0.460 e. The molecule has 0 radical (unpaired) electrons. The third kappa shape index (κ3) is 1.93. The van der Waals surface area contributed by atoms with Crippen LogP contribution in [0.5, 0.6) is 0 Å². The molecule has 0 amide bonds. The number of carbonyl (C=O) groups is 2. The number of esters is 1. The van der Waals surface area contributed by atoms with E-state index in [1.54, 1.807) is 24.6 Å². The van der Waals surface area contributed by atoms with Crippen LogP contribution in [0.4, 0.5) is 0 Å². The maximum atomic E-state index is 11.8. The number of aromatic nitrogens is 1. The molecule has 0 fully saturated rings. The van der Waals surface area contributed by atoms with Crippen molar-refractivity contribution in [3.63, 3.8) is 0 Å². The van der Waals surface area contributed by atoms with Gasteiger partial charge in [-0.1, -0.05) is 18.2 Å². The van der Waals surface area contributed by atoms with E-state index < -0.39 is 11.8 Å². The summed E-state index contributed by atoms with van der Waals surface area (Å²) in [6, 6.07) is 9.28. The zero-order valence-corrected chi connectivity index (χ0v) is 9.77. The highest BCUT2D eigenvalue weighted by Gasteiger charge is 2.21. The van der Waals surface area contributed by atoms with Crippen molar-refractivity contribution in [2.45, 2.75) is 6.92 Å². The van der Waals surface area contributed by atoms with Gasteiger partial charge in [0.15, 0.2) is 0 Å². The summed E-state index contributed by atoms with van der Waals surface area (Å²) in [7, 11) is 1.76. The summed E-state index contributed by atoms with van der Waals surface area (Å²) in [5.41, 5.74) is 1.27. The fourth-order valence-corrected chi connectivity index (χ4v) is 1.81. The number of Topliss-reactive ketones (excluding diaryl/α,β-unsaturated/α-hetero) is 1. The molecule has 0 spiro atoms. The molecule has 0 aliphatic rings. The van der Waals surface area contributed by atoms with Crippen molar-refractivity contribution >= 4 is 22.7 Å². The van der Waals surface area contributed by atoms with Gasteiger partial charge < -0.3 is 9.30 Å². The first-order chi connectivity index (χ1) is 8.15. The van der Waals surface area contributed by atoms with Crippen molar-refractivity contribution in [2.75, 3.05) is 6.61 Å². The van der Waals surface area contributed by atoms with Crippen LogP contribution >= 0.6 is 0 Å². The summed E-state index contributed by atoms with van der Waals surface area (Å²) in [5.74, 6) is -1.41. The van der Waals surface area contributed by atoms with Crippen LogP contribution in [0, 0.1) is 0 Å². The quantitative estimate of drug-likeness (QED) is 0.460. The Balaban J connectivity index is 2.46. The van der Waals surface area contributed by atoms with Gasteiger partial charge in [-0.15, -0.1) is 0 Å². The lowest BCUT2D eigenvalue weighted by Gasteiger charge is -2.02. The number of hydrogen-bond acceptors (Lipinski definition) is 3. The number of hydrogen-bond donors (Lipinski definition) is 0. The first-order valence-corrected chi connectivity index (χ1v) is 5.41. The number of benzene rings is 1. The zero-order valence-electron chi connectivity index (χ0n) is 9.77. The molecule has 0 saturated carbocycles. The summed E-state index contributed by atoms with van der Waals surface area (Å²) in [4.78, 5) is 23.2. The molecule has 88 valence electrons. The topological polar surface area (TPSA) is 48.3 Å². The predicted octanol–water partition coefficient (Wildman–Crippen LogP) is 1.92. The van der Waals surface area contributed by atoms with Gasteiger partial charge in [0, 0.05) is 18.0 Å². The molecule has 0 aliphatic carbocycles. The van der Waals surface area contributed by atoms with Crippen LogP contribution in [0.3, 0.4) is 0 Å². The number of para-hydroxylation sites is 1. The van der Waals surface area contributed by atoms with E-state index in [0.717, 1.165) is 10.9 Å². The standard InChI is InChI=1S/C13H13NO3/c1-3-17-13(16)12(15)11-8-9-6-4-5-7-10(9)14(11)2/h4-8H,3H2,1-2H3. The lowest BCUT2D eigenvalue weighted by Crippen LogP contribution is -2.19. The summed E-state index contributed by atoms with van der Waals surface area (Å²) in [6.45, 7) is 1.88. The van der Waals surface area contributed by atoms with Crippen LogP contribution in [0.15, 0.2) is 30.3 Å². The minimum absolute atomic E-state index is 0.203. The van der Waals surface area contributed by atoms with E-state index >= 15 is 0 Å². The molecule has 0 N–H and O–H groups in total. The summed E-state index contributed by atoms with van der Waals surface area (Å²) < 4.78 is 6.41. The Hall–Kier alpha value is -2.10. The lowest BCUT2D eigenvalue weighted by molar-refractivity contribution is -0.137. The molecular formula is C13H13NO3. The monoisotopic (exact) mass is 231 g/mol. The SMILES string of the molecule is CCOC(=O)C(=O)c1cc2ccccc2n1C. The maximum absolute atomic E-state index is 11.8. The zero-order chi connectivity index (χ0) is 12.4. The van der Waals surface area contributed by atoms with Crippen LogP contribution in [-0.2, 0) is 16.6 Å². The number of fused-ring (bicyclic) bond motifs is 1. The van der Waals surface area contributed by atoms with Gasteiger partial charge in [-0.05, 0) is 19.1 Å². The second-order valence-corrected chi connectivity index (χ2v) is 3.70. The van der Waals surface area contributed by atoms with Gasteiger partial charge >= 0.3 is 5.97 Å². The Labute approximate surface area is 98.8 Å². The number of rotatable bonds is 3. The number of ether oxygens (including phenoxy) is 1. The molecule has 0 atom stereocenters. The first kappa shape index (κ1) is 11.4. The third-order valence-electron chi connectivity index (χ3n) is 2.65. The number of ketones is 1. The minimum atomic E-state index is -0.807. The average Bonchev–Trinajstić information content (AvgIpc) is 2.67. The predicted molar refractivity (Wildman–Crippen MR) is 63.9 cm³/mol. The Morgan fingerprint density at radius 3 is 2.65 bits per heavy atom. The molecule has 1 heterocycles. The Morgan fingerprint density at radius 1 is 1.29 bits per heavy atom. The molecule has 0 unspecified atom stereocenters. The highest BCUT2D eigenvalue weighted by molar-refractivity contribution is 6.40. The molecule has 1 aromatic carbocycles. The Morgan fingerprint density at radius 2 is 2.00 bits per heavy atom. The van der Waals surface area contributed by atoms with Crippen molar-refractivity contribution in [1.82, 2.24) is 4.57 Å². The Kier molecular flexibility index (Phi) is 2.95. The molecule has 4 heteroatoms. The van der Waals surface area contributed by atoms with Gasteiger partial charge in [0.1, 0.15) is 0 Å². The average molecular weight is 231 g/mol. The van der Waals surface area contributed by atoms with Crippen LogP contribution < -0.4 is 0 Å². The van der Waals surface area contributed by atoms with Crippen molar-refractivity contribution in [2.24, 2.45) is 7.05 Å². The van der Waals surface area contributed by atoms with E-state index in [0.29, 0.717) is 5.69 Å². The summed E-state index contributed by atoms with van der Waals surface area (Å²) in [6.07, 6.45) is 0. The van der Waals surface area contributed by atoms with Crippen molar-refractivity contribution in [3.8, 4) is 0 Å². The molecule has 2 aromatic rings. The van der Waals surface area contributed by atoms with E-state index in [1.165, 1.54) is 0 Å². The summed E-state index contributed by atoms with van der Waals surface area (Å²) >= 11 is 0. The van der Waals surface area contributed by atoms with Crippen molar-refractivity contribution in [1.29, 1.82) is 0 Å². The molecule has 4 nitrogen and oxygen atoms in total. The molecule has 0 aliphatic heterocycles. The molecule has 0 bridgehead atoms. The van der Waals surface area contributed by atoms with Crippen LogP contribution in [0.1, 0.15) is 17.4 Å². The molecule has 0 saturated heterocycles. The first-order valence-electron chi connectivity index (χ1n) is 5.41. The Bertz CT molecular complexity index is 583. The molecular weight excluding hydrogens is 218 g/mol. The van der Waals surface area contributed by atoms with Gasteiger partial charge in [-0.3, -0.25) is 4.79 Å².